The first kappa shape index (κ1) is 15.4. The summed E-state index contributed by atoms with van der Waals surface area (Å²) in [6.07, 6.45) is 4.35. The Hall–Kier alpha value is -2.01. The normalized spacial score (nSPS) is 12.1. The molecule has 1 aromatic carbocycles. The summed E-state index contributed by atoms with van der Waals surface area (Å²) in [5.74, 6) is 0.783. The Morgan fingerprint density at radius 2 is 2.05 bits per heavy atom. The quantitative estimate of drug-likeness (QED) is 0.850. The first-order valence-electron chi connectivity index (χ1n) is 7.12. The zero-order chi connectivity index (χ0) is 15.1. The molecule has 0 aliphatic carbocycles. The molecule has 1 atom stereocenters. The molecular weight excluding hydrogens is 269 g/mol. The number of nitrogens with zero attached hydrogens (tertiary/aromatic N) is 2. The smallest absolute Gasteiger partial charge is 0.166 e. The van der Waals surface area contributed by atoms with Gasteiger partial charge in [-0.25, -0.2) is 14.4 Å². The van der Waals surface area contributed by atoms with Crippen molar-refractivity contribution in [1.82, 2.24) is 15.3 Å². The van der Waals surface area contributed by atoms with Crippen LogP contribution in [0.1, 0.15) is 37.7 Å². The van der Waals surface area contributed by atoms with Crippen LogP contribution in [0.3, 0.4) is 0 Å². The number of benzene rings is 1. The number of halogens is 1. The van der Waals surface area contributed by atoms with E-state index in [1.807, 2.05) is 6.92 Å². The van der Waals surface area contributed by atoms with Gasteiger partial charge in [0.25, 0.3) is 0 Å². The number of hydrogen-bond acceptors (Lipinski definition) is 4. The van der Waals surface area contributed by atoms with Crippen molar-refractivity contribution in [2.75, 3.05) is 6.54 Å². The van der Waals surface area contributed by atoms with E-state index in [1.54, 1.807) is 24.5 Å². The van der Waals surface area contributed by atoms with Gasteiger partial charge >= 0.3 is 0 Å². The number of ether oxygens (including phenoxy) is 1. The highest BCUT2D eigenvalue weighted by molar-refractivity contribution is 5.36. The van der Waals surface area contributed by atoms with Gasteiger partial charge in [-0.3, -0.25) is 0 Å². The van der Waals surface area contributed by atoms with Gasteiger partial charge in [0.15, 0.2) is 5.82 Å². The summed E-state index contributed by atoms with van der Waals surface area (Å²) in [5, 5.41) is 3.37. The average molecular weight is 289 g/mol. The van der Waals surface area contributed by atoms with Gasteiger partial charge in [-0.1, -0.05) is 13.0 Å². The highest BCUT2D eigenvalue weighted by Crippen LogP contribution is 2.26. The second-order valence-corrected chi connectivity index (χ2v) is 4.81. The molecule has 1 N–H and O–H groups in total. The van der Waals surface area contributed by atoms with Gasteiger partial charge in [-0.2, -0.15) is 0 Å². The SMILES string of the molecule is CCCNC(C)c1ccc(F)cc1OCc1ncccn1. The van der Waals surface area contributed by atoms with Crippen LogP contribution in [0.25, 0.3) is 0 Å². The lowest BCUT2D eigenvalue weighted by atomic mass is 10.1. The molecular formula is C16H20FN3O. The molecule has 0 saturated carbocycles. The number of nitrogens with one attached hydrogen (secondary N) is 1. The Balaban J connectivity index is 2.11. The Kier molecular flexibility index (Phi) is 5.63. The molecule has 21 heavy (non-hydrogen) atoms. The largest absolute Gasteiger partial charge is 0.485 e. The maximum atomic E-state index is 13.5. The highest BCUT2D eigenvalue weighted by Gasteiger charge is 2.12. The fourth-order valence-electron chi connectivity index (χ4n) is 2.01. The van der Waals surface area contributed by atoms with Gasteiger partial charge in [0, 0.05) is 30.1 Å². The first-order valence-corrected chi connectivity index (χ1v) is 7.12. The molecule has 0 aliphatic rings. The fourth-order valence-corrected chi connectivity index (χ4v) is 2.01. The van der Waals surface area contributed by atoms with E-state index in [0.717, 1.165) is 18.5 Å². The zero-order valence-corrected chi connectivity index (χ0v) is 12.3. The Bertz CT molecular complexity index is 563. The van der Waals surface area contributed by atoms with Gasteiger partial charge in [-0.15, -0.1) is 0 Å². The summed E-state index contributed by atoms with van der Waals surface area (Å²) in [4.78, 5) is 8.19. The van der Waals surface area contributed by atoms with Crippen molar-refractivity contribution >= 4 is 0 Å². The molecule has 0 aliphatic heterocycles. The number of hydrogen-bond donors (Lipinski definition) is 1. The van der Waals surface area contributed by atoms with E-state index in [9.17, 15) is 4.39 Å². The number of aromatic nitrogens is 2. The van der Waals surface area contributed by atoms with Crippen molar-refractivity contribution in [2.24, 2.45) is 0 Å². The highest BCUT2D eigenvalue weighted by atomic mass is 19.1. The summed E-state index contributed by atoms with van der Waals surface area (Å²) in [6, 6.07) is 6.45. The van der Waals surface area contributed by atoms with Crippen LogP contribution in [0.15, 0.2) is 36.7 Å². The van der Waals surface area contributed by atoms with Gasteiger partial charge in [-0.05, 0) is 32.0 Å². The Morgan fingerprint density at radius 1 is 1.29 bits per heavy atom. The van der Waals surface area contributed by atoms with E-state index >= 15 is 0 Å². The molecule has 112 valence electrons. The van der Waals surface area contributed by atoms with Crippen LogP contribution in [0.4, 0.5) is 4.39 Å². The minimum Gasteiger partial charge on any atom is -0.485 e. The first-order chi connectivity index (χ1) is 10.2. The Labute approximate surface area is 124 Å². The molecule has 2 aromatic rings. The maximum Gasteiger partial charge on any atom is 0.166 e. The van der Waals surface area contributed by atoms with Crippen LogP contribution in [-0.4, -0.2) is 16.5 Å². The molecule has 1 aromatic heterocycles. The standard InChI is InChI=1S/C16H20FN3O/c1-3-7-18-12(2)14-6-5-13(17)10-15(14)21-11-16-19-8-4-9-20-16/h4-6,8-10,12,18H,3,7,11H2,1-2H3. The molecule has 1 heterocycles. The zero-order valence-electron chi connectivity index (χ0n) is 12.3. The molecule has 4 nitrogen and oxygen atoms in total. The van der Waals surface area contributed by atoms with Crippen molar-refractivity contribution in [1.29, 1.82) is 0 Å². The van der Waals surface area contributed by atoms with Crippen LogP contribution in [-0.2, 0) is 6.61 Å². The predicted octanol–water partition coefficient (Wildman–Crippen LogP) is 3.26. The maximum absolute atomic E-state index is 13.5. The molecule has 0 bridgehead atoms. The predicted molar refractivity (Wildman–Crippen MR) is 79.5 cm³/mol. The van der Waals surface area contributed by atoms with Crippen molar-refractivity contribution in [3.63, 3.8) is 0 Å². The van der Waals surface area contributed by atoms with Gasteiger partial charge in [0.2, 0.25) is 0 Å². The van der Waals surface area contributed by atoms with Crippen molar-refractivity contribution in [3.8, 4) is 5.75 Å². The third-order valence-electron chi connectivity index (χ3n) is 3.12. The van der Waals surface area contributed by atoms with Crippen LogP contribution in [0, 0.1) is 5.82 Å². The topological polar surface area (TPSA) is 47.0 Å². The third kappa shape index (κ3) is 4.49. The second kappa shape index (κ2) is 7.69. The lowest BCUT2D eigenvalue weighted by molar-refractivity contribution is 0.288. The molecule has 0 spiro atoms. The summed E-state index contributed by atoms with van der Waals surface area (Å²) in [7, 11) is 0. The molecule has 2 rings (SSSR count). The summed E-state index contributed by atoms with van der Waals surface area (Å²) in [5.41, 5.74) is 0.931. The molecule has 0 amide bonds. The fraction of sp³-hybridized carbons (Fsp3) is 0.375. The molecule has 0 saturated heterocycles. The van der Waals surface area contributed by atoms with Crippen molar-refractivity contribution in [3.05, 3.63) is 53.9 Å². The van der Waals surface area contributed by atoms with Crippen LogP contribution in [0.5, 0.6) is 5.75 Å². The van der Waals surface area contributed by atoms with Gasteiger partial charge in [0.1, 0.15) is 18.2 Å². The molecule has 0 radical (unpaired) electrons. The van der Waals surface area contributed by atoms with E-state index in [4.69, 9.17) is 4.74 Å². The minimum atomic E-state index is -0.314. The summed E-state index contributed by atoms with van der Waals surface area (Å²) >= 11 is 0. The molecule has 0 fully saturated rings. The second-order valence-electron chi connectivity index (χ2n) is 4.81. The van der Waals surface area contributed by atoms with Crippen LogP contribution in [0.2, 0.25) is 0 Å². The average Bonchev–Trinajstić information content (AvgIpc) is 2.51. The third-order valence-corrected chi connectivity index (χ3v) is 3.12. The van der Waals surface area contributed by atoms with Crippen LogP contribution >= 0.6 is 0 Å². The summed E-state index contributed by atoms with van der Waals surface area (Å²) in [6.45, 7) is 5.26. The molecule has 5 heteroatoms. The van der Waals surface area contributed by atoms with E-state index in [0.29, 0.717) is 11.6 Å². The number of rotatable bonds is 7. The lowest BCUT2D eigenvalue weighted by Gasteiger charge is -2.18. The van der Waals surface area contributed by atoms with E-state index in [2.05, 4.69) is 22.2 Å². The van der Waals surface area contributed by atoms with E-state index < -0.39 is 0 Å². The van der Waals surface area contributed by atoms with Gasteiger partial charge in [0.05, 0.1) is 0 Å². The van der Waals surface area contributed by atoms with Crippen molar-refractivity contribution < 1.29 is 9.13 Å². The molecule has 1 unspecified atom stereocenters. The summed E-state index contributed by atoms with van der Waals surface area (Å²) < 4.78 is 19.2. The van der Waals surface area contributed by atoms with Crippen LogP contribution < -0.4 is 10.1 Å². The lowest BCUT2D eigenvalue weighted by Crippen LogP contribution is -2.20. The van der Waals surface area contributed by atoms with Crippen molar-refractivity contribution in [2.45, 2.75) is 32.9 Å². The monoisotopic (exact) mass is 289 g/mol. The van der Waals surface area contributed by atoms with E-state index in [-0.39, 0.29) is 18.5 Å². The van der Waals surface area contributed by atoms with E-state index in [1.165, 1.54) is 12.1 Å². The Morgan fingerprint density at radius 3 is 2.76 bits per heavy atom. The minimum absolute atomic E-state index is 0.0947. The van der Waals surface area contributed by atoms with Gasteiger partial charge < -0.3 is 10.1 Å².